The van der Waals surface area contributed by atoms with Gasteiger partial charge in [0.25, 0.3) is 0 Å². The normalized spacial score (nSPS) is 17.2. The van der Waals surface area contributed by atoms with Gasteiger partial charge in [0.2, 0.25) is 0 Å². The Morgan fingerprint density at radius 1 is 1.09 bits per heavy atom. The van der Waals surface area contributed by atoms with Gasteiger partial charge in [-0.2, -0.15) is 0 Å². The molecule has 0 radical (unpaired) electrons. The van der Waals surface area contributed by atoms with Crippen LogP contribution in [0.4, 0.5) is 0 Å². The smallest absolute Gasteiger partial charge is 0.145 e. The SMILES string of the molecule is [2H]c1cc2c(c([2H])c1[2H])c1c([2H])c(C)c([2H])c([2H])c1n1c(-c3nc([2H])c([2H])s3)c([2H])nc21. The number of thiazole rings is 1. The number of hydrogen-bond donors (Lipinski definition) is 0. The van der Waals surface area contributed by atoms with Crippen LogP contribution in [0.2, 0.25) is 0 Å². The van der Waals surface area contributed by atoms with E-state index < -0.39 is 0 Å². The molecule has 0 saturated carbocycles. The maximum Gasteiger partial charge on any atom is 0.145 e. The second kappa shape index (κ2) is 4.64. The summed E-state index contributed by atoms with van der Waals surface area (Å²) in [5, 5.41) is 0.627. The molecule has 0 aliphatic carbocycles. The van der Waals surface area contributed by atoms with E-state index >= 15 is 0 Å². The summed E-state index contributed by atoms with van der Waals surface area (Å²) in [6, 6.07) is -0.0243. The van der Waals surface area contributed by atoms with Crippen LogP contribution in [-0.2, 0) is 0 Å². The fourth-order valence-electron chi connectivity index (χ4n) is 2.68. The minimum atomic E-state index is -0.336. The molecule has 0 bridgehead atoms. The molecule has 0 spiro atoms. The first-order chi connectivity index (χ1) is 15.0. The average molecular weight is 324 g/mol. The van der Waals surface area contributed by atoms with Crippen LogP contribution >= 0.6 is 11.3 Å². The fourth-order valence-corrected chi connectivity index (χ4v) is 3.20. The molecule has 3 nitrogen and oxygen atoms in total. The van der Waals surface area contributed by atoms with Crippen molar-refractivity contribution in [2.24, 2.45) is 0 Å². The first kappa shape index (κ1) is 6.81. The van der Waals surface area contributed by atoms with Crippen LogP contribution in [0.1, 0.15) is 17.9 Å². The van der Waals surface area contributed by atoms with Gasteiger partial charge in [0.15, 0.2) is 0 Å². The third-order valence-electron chi connectivity index (χ3n) is 3.63. The van der Waals surface area contributed by atoms with Crippen molar-refractivity contribution in [2.45, 2.75) is 6.92 Å². The Hall–Kier alpha value is -2.72. The van der Waals surface area contributed by atoms with E-state index in [1.165, 1.54) is 17.4 Å². The summed E-state index contributed by atoms with van der Waals surface area (Å²) in [5.41, 5.74) is 0.521. The molecule has 3 aromatic heterocycles. The van der Waals surface area contributed by atoms with Gasteiger partial charge in [-0.1, -0.05) is 35.8 Å². The van der Waals surface area contributed by atoms with Crippen LogP contribution < -0.4 is 0 Å². The van der Waals surface area contributed by atoms with Crippen molar-refractivity contribution in [2.75, 3.05) is 0 Å². The average Bonchev–Trinajstić information content (AvgIpc) is 3.26. The summed E-state index contributed by atoms with van der Waals surface area (Å²) in [6.07, 6.45) is -0.520. The zero-order valence-electron chi connectivity index (χ0n) is 20.8. The predicted octanol–water partition coefficient (Wildman–Crippen LogP) is 5.07. The molecule has 23 heavy (non-hydrogen) atoms. The van der Waals surface area contributed by atoms with E-state index in [-0.39, 0.29) is 97.5 Å². The standard InChI is InChI=1S/C19H13N3S/c1-12-6-7-16-15(10-12)13-4-2-3-5-14(13)18-21-11-17(22(16)18)19-20-8-9-23-19/h2-11H,1H3/i2D,3D,4D,6D,7D,8D,9D,10D,11D. The molecule has 0 atom stereocenters. The van der Waals surface area contributed by atoms with Crippen LogP contribution in [0.5, 0.6) is 0 Å². The van der Waals surface area contributed by atoms with Gasteiger partial charge in [-0.05, 0) is 24.4 Å². The Balaban J connectivity index is 2.19. The van der Waals surface area contributed by atoms with E-state index in [0.29, 0.717) is 0 Å². The van der Waals surface area contributed by atoms with E-state index in [1.54, 1.807) is 0 Å². The molecule has 0 aliphatic heterocycles. The summed E-state index contributed by atoms with van der Waals surface area (Å²) >= 11 is 0.869. The summed E-state index contributed by atoms with van der Waals surface area (Å²) < 4.78 is 75.8. The molecule has 110 valence electrons. The predicted molar refractivity (Wildman–Crippen MR) is 96.0 cm³/mol. The Kier molecular flexibility index (Phi) is 1.37. The monoisotopic (exact) mass is 324 g/mol. The van der Waals surface area contributed by atoms with Crippen LogP contribution in [-0.4, -0.2) is 14.4 Å². The number of rotatable bonds is 1. The third kappa shape index (κ3) is 1.75. The number of fused-ring (bicyclic) bond motifs is 6. The second-order valence-corrected chi connectivity index (χ2v) is 5.81. The Bertz CT molecular complexity index is 1620. The lowest BCUT2D eigenvalue weighted by Gasteiger charge is -2.10. The van der Waals surface area contributed by atoms with Gasteiger partial charge in [0, 0.05) is 22.3 Å². The number of imidazole rings is 1. The lowest BCUT2D eigenvalue weighted by atomic mass is 10.0. The molecule has 3 heterocycles. The molecule has 0 amide bonds. The first-order valence-corrected chi connectivity index (χ1v) is 7.62. The van der Waals surface area contributed by atoms with E-state index in [1.807, 2.05) is 0 Å². The Morgan fingerprint density at radius 3 is 2.91 bits per heavy atom. The largest absolute Gasteiger partial charge is 0.289 e. The van der Waals surface area contributed by atoms with Crippen LogP contribution in [0.25, 0.3) is 38.0 Å². The molecule has 5 aromatic rings. The maximum atomic E-state index is 8.68. The van der Waals surface area contributed by atoms with Gasteiger partial charge in [-0.3, -0.25) is 4.40 Å². The maximum absolute atomic E-state index is 8.68. The van der Waals surface area contributed by atoms with Crippen molar-refractivity contribution in [1.82, 2.24) is 14.4 Å². The zero-order chi connectivity index (χ0) is 23.2. The molecular formula is C19H13N3S. The third-order valence-corrected chi connectivity index (χ3v) is 4.31. The van der Waals surface area contributed by atoms with Gasteiger partial charge in [0.05, 0.1) is 24.0 Å². The summed E-state index contributed by atoms with van der Waals surface area (Å²) in [7, 11) is 0. The summed E-state index contributed by atoms with van der Waals surface area (Å²) in [6.45, 7) is 1.53. The topological polar surface area (TPSA) is 30.2 Å². The van der Waals surface area contributed by atoms with Crippen molar-refractivity contribution >= 4 is 38.7 Å². The highest BCUT2D eigenvalue weighted by atomic mass is 32.1. The van der Waals surface area contributed by atoms with Crippen molar-refractivity contribution in [3.63, 3.8) is 0 Å². The quantitative estimate of drug-likeness (QED) is 0.403. The van der Waals surface area contributed by atoms with Gasteiger partial charge in [0.1, 0.15) is 16.3 Å². The Labute approximate surface area is 149 Å². The molecule has 5 rings (SSSR count). The number of benzene rings is 2. The fraction of sp³-hybridized carbons (Fsp3) is 0.0526. The highest BCUT2D eigenvalue weighted by molar-refractivity contribution is 7.13. The summed E-state index contributed by atoms with van der Waals surface area (Å²) in [5.74, 6) is 0. The number of hydrogen-bond acceptors (Lipinski definition) is 3. The highest BCUT2D eigenvalue weighted by Crippen LogP contribution is 2.33. The first-order valence-electron chi connectivity index (χ1n) is 11.3. The molecule has 2 aromatic carbocycles. The van der Waals surface area contributed by atoms with Crippen molar-refractivity contribution in [3.05, 3.63) is 65.6 Å². The van der Waals surface area contributed by atoms with E-state index in [4.69, 9.17) is 12.3 Å². The van der Waals surface area contributed by atoms with E-state index in [9.17, 15) is 0 Å². The number of aromatic nitrogens is 3. The molecule has 0 saturated heterocycles. The van der Waals surface area contributed by atoms with E-state index in [2.05, 4.69) is 9.97 Å². The molecule has 0 aliphatic rings. The van der Waals surface area contributed by atoms with Gasteiger partial charge >= 0.3 is 0 Å². The number of nitrogens with zero attached hydrogens (tertiary/aromatic N) is 3. The van der Waals surface area contributed by atoms with Gasteiger partial charge < -0.3 is 0 Å². The van der Waals surface area contributed by atoms with Crippen molar-refractivity contribution < 1.29 is 12.3 Å². The zero-order valence-corrected chi connectivity index (χ0v) is 12.6. The minimum Gasteiger partial charge on any atom is -0.289 e. The lowest BCUT2D eigenvalue weighted by Crippen LogP contribution is -1.94. The molecule has 0 fully saturated rings. The Morgan fingerprint density at radius 2 is 2.04 bits per heavy atom. The van der Waals surface area contributed by atoms with E-state index in [0.717, 1.165) is 11.3 Å². The van der Waals surface area contributed by atoms with Crippen LogP contribution in [0.3, 0.4) is 0 Å². The lowest BCUT2D eigenvalue weighted by molar-refractivity contribution is 1.25. The molecule has 0 unspecified atom stereocenters. The van der Waals surface area contributed by atoms with Crippen LogP contribution in [0.15, 0.2) is 60.0 Å². The highest BCUT2D eigenvalue weighted by Gasteiger charge is 2.15. The van der Waals surface area contributed by atoms with Gasteiger partial charge in [-0.25, -0.2) is 9.97 Å². The van der Waals surface area contributed by atoms with Gasteiger partial charge in [-0.15, -0.1) is 11.3 Å². The minimum absolute atomic E-state index is 0.0630. The second-order valence-electron chi connectivity index (χ2n) is 5.02. The van der Waals surface area contributed by atoms with Crippen molar-refractivity contribution in [3.8, 4) is 10.7 Å². The van der Waals surface area contributed by atoms with Crippen molar-refractivity contribution in [1.29, 1.82) is 0 Å². The molecule has 4 heteroatoms. The molecule has 0 N–H and O–H groups in total. The summed E-state index contributed by atoms with van der Waals surface area (Å²) in [4.78, 5) is 8.33. The number of pyridine rings is 1. The molecular weight excluding hydrogens is 302 g/mol. The van der Waals surface area contributed by atoms with Crippen LogP contribution in [0, 0.1) is 6.92 Å².